The fourth-order valence-corrected chi connectivity index (χ4v) is 3.97. The number of amides is 4. The lowest BCUT2D eigenvalue weighted by Crippen LogP contribution is -2.58. The second-order valence-corrected chi connectivity index (χ2v) is 7.88. The summed E-state index contributed by atoms with van der Waals surface area (Å²) < 4.78 is 10.0. The number of carbonyl (C=O) groups is 3. The Labute approximate surface area is 164 Å². The van der Waals surface area contributed by atoms with Gasteiger partial charge in [-0.05, 0) is 25.7 Å². The van der Waals surface area contributed by atoms with Gasteiger partial charge in [-0.15, -0.1) is 0 Å². The zero-order valence-corrected chi connectivity index (χ0v) is 16.9. The molecule has 9 nitrogen and oxygen atoms in total. The molecular formula is C19H28N4O5. The summed E-state index contributed by atoms with van der Waals surface area (Å²) in [7, 11) is 1.54. The number of carbonyl (C=O) groups excluding carboxylic acids is 3. The van der Waals surface area contributed by atoms with Gasteiger partial charge in [0.25, 0.3) is 11.8 Å². The van der Waals surface area contributed by atoms with Crippen LogP contribution in [0.5, 0.6) is 0 Å². The zero-order chi connectivity index (χ0) is 20.5. The van der Waals surface area contributed by atoms with Crippen LogP contribution in [0.3, 0.4) is 0 Å². The molecule has 0 bridgehead atoms. The largest absolute Gasteiger partial charge is 0.383 e. The lowest BCUT2D eigenvalue weighted by atomic mass is 9.85. The van der Waals surface area contributed by atoms with Crippen LogP contribution in [0.15, 0.2) is 10.6 Å². The van der Waals surface area contributed by atoms with Crippen molar-refractivity contribution in [1.29, 1.82) is 0 Å². The highest BCUT2D eigenvalue weighted by Gasteiger charge is 2.58. The SMILES string of the molecule is COCCN1C(=O)N(CC(C)C)C2(CCN(C(=O)c3cc(C)on3)CC2)C1=O. The Morgan fingerprint density at radius 2 is 2.00 bits per heavy atom. The molecule has 1 aromatic rings. The van der Waals surface area contributed by atoms with E-state index in [0.717, 1.165) is 0 Å². The summed E-state index contributed by atoms with van der Waals surface area (Å²) in [6, 6.07) is 1.34. The van der Waals surface area contributed by atoms with E-state index in [9.17, 15) is 14.4 Å². The minimum atomic E-state index is -0.883. The quantitative estimate of drug-likeness (QED) is 0.681. The van der Waals surface area contributed by atoms with Crippen LogP contribution in [0.2, 0.25) is 0 Å². The van der Waals surface area contributed by atoms with Crippen LogP contribution in [0.25, 0.3) is 0 Å². The second kappa shape index (κ2) is 7.90. The Hall–Kier alpha value is -2.42. The number of urea groups is 1. The van der Waals surface area contributed by atoms with Gasteiger partial charge in [-0.1, -0.05) is 19.0 Å². The fourth-order valence-electron chi connectivity index (χ4n) is 3.97. The van der Waals surface area contributed by atoms with Crippen molar-refractivity contribution in [2.45, 2.75) is 39.2 Å². The van der Waals surface area contributed by atoms with Crippen molar-refractivity contribution in [3.63, 3.8) is 0 Å². The average Bonchev–Trinajstić information content (AvgIpc) is 3.17. The van der Waals surface area contributed by atoms with Gasteiger partial charge in [0.1, 0.15) is 11.3 Å². The molecule has 1 spiro atoms. The first-order chi connectivity index (χ1) is 13.3. The fraction of sp³-hybridized carbons (Fsp3) is 0.684. The van der Waals surface area contributed by atoms with Crippen LogP contribution >= 0.6 is 0 Å². The minimum absolute atomic E-state index is 0.181. The van der Waals surface area contributed by atoms with Crippen LogP contribution in [-0.4, -0.2) is 83.1 Å². The standard InChI is InChI=1S/C19H28N4O5/c1-13(2)12-23-18(26)22(9-10-27-4)17(25)19(23)5-7-21(8-6-19)16(24)15-11-14(3)28-20-15/h11,13H,5-10,12H2,1-4H3. The first-order valence-corrected chi connectivity index (χ1v) is 9.65. The molecule has 0 radical (unpaired) electrons. The van der Waals surface area contributed by atoms with E-state index < -0.39 is 5.54 Å². The van der Waals surface area contributed by atoms with Crippen LogP contribution in [0.1, 0.15) is 42.9 Å². The lowest BCUT2D eigenvalue weighted by Gasteiger charge is -2.42. The summed E-state index contributed by atoms with van der Waals surface area (Å²) in [6.45, 7) is 7.60. The van der Waals surface area contributed by atoms with Gasteiger partial charge in [-0.2, -0.15) is 0 Å². The summed E-state index contributed by atoms with van der Waals surface area (Å²) in [5.74, 6) is 0.411. The van der Waals surface area contributed by atoms with Crippen molar-refractivity contribution < 1.29 is 23.6 Å². The van der Waals surface area contributed by atoms with Gasteiger partial charge in [0.2, 0.25) is 0 Å². The highest BCUT2D eigenvalue weighted by atomic mass is 16.5. The molecule has 3 rings (SSSR count). The van der Waals surface area contributed by atoms with Gasteiger partial charge >= 0.3 is 6.03 Å². The van der Waals surface area contributed by atoms with E-state index in [2.05, 4.69) is 5.16 Å². The summed E-state index contributed by atoms with van der Waals surface area (Å²) >= 11 is 0. The Kier molecular flexibility index (Phi) is 5.74. The van der Waals surface area contributed by atoms with Crippen LogP contribution in [-0.2, 0) is 9.53 Å². The molecule has 0 saturated carbocycles. The van der Waals surface area contributed by atoms with Gasteiger partial charge in [0, 0.05) is 32.8 Å². The van der Waals surface area contributed by atoms with Crippen molar-refractivity contribution >= 4 is 17.8 Å². The molecule has 0 N–H and O–H groups in total. The summed E-state index contributed by atoms with van der Waals surface area (Å²) in [6.07, 6.45) is 0.826. The normalized spacial score (nSPS) is 19.4. The molecule has 2 fully saturated rings. The molecular weight excluding hydrogens is 364 g/mol. The predicted octanol–water partition coefficient (Wildman–Crippen LogP) is 1.52. The number of imide groups is 1. The number of nitrogens with zero attached hydrogens (tertiary/aromatic N) is 4. The molecule has 1 aromatic heterocycles. The number of ether oxygens (including phenoxy) is 1. The number of methoxy groups -OCH3 is 1. The molecule has 4 amide bonds. The smallest absolute Gasteiger partial charge is 0.327 e. The Morgan fingerprint density at radius 1 is 1.32 bits per heavy atom. The third kappa shape index (κ3) is 3.50. The number of likely N-dealkylation sites (tertiary alicyclic amines) is 1. The molecule has 9 heteroatoms. The molecule has 0 aliphatic carbocycles. The van der Waals surface area contributed by atoms with Crippen molar-refractivity contribution in [3.05, 3.63) is 17.5 Å². The zero-order valence-electron chi connectivity index (χ0n) is 16.9. The summed E-state index contributed by atoms with van der Waals surface area (Å²) in [5, 5.41) is 3.79. The molecule has 0 unspecified atom stereocenters. The average molecular weight is 392 g/mol. The van der Waals surface area contributed by atoms with E-state index in [4.69, 9.17) is 9.26 Å². The van der Waals surface area contributed by atoms with E-state index >= 15 is 0 Å². The highest BCUT2D eigenvalue weighted by molar-refractivity contribution is 6.07. The van der Waals surface area contributed by atoms with Crippen molar-refractivity contribution in [3.8, 4) is 0 Å². The summed E-state index contributed by atoms with van der Waals surface area (Å²) in [4.78, 5) is 43.5. The molecule has 3 heterocycles. The van der Waals surface area contributed by atoms with E-state index in [1.165, 1.54) is 4.90 Å². The third-order valence-corrected chi connectivity index (χ3v) is 5.41. The summed E-state index contributed by atoms with van der Waals surface area (Å²) in [5.41, 5.74) is -0.617. The topological polar surface area (TPSA) is 96.2 Å². The number of aryl methyl sites for hydroxylation is 1. The molecule has 2 aliphatic heterocycles. The van der Waals surface area contributed by atoms with E-state index in [-0.39, 0.29) is 36.0 Å². The number of hydrogen-bond acceptors (Lipinski definition) is 6. The predicted molar refractivity (Wildman–Crippen MR) is 99.6 cm³/mol. The monoisotopic (exact) mass is 392 g/mol. The van der Waals surface area contributed by atoms with Crippen molar-refractivity contribution in [1.82, 2.24) is 19.9 Å². The molecule has 28 heavy (non-hydrogen) atoms. The molecule has 2 aliphatic rings. The maximum atomic E-state index is 13.2. The minimum Gasteiger partial charge on any atom is -0.383 e. The van der Waals surface area contributed by atoms with Gasteiger partial charge in [0.15, 0.2) is 5.69 Å². The maximum Gasteiger partial charge on any atom is 0.327 e. The Bertz CT molecular complexity index is 751. The lowest BCUT2D eigenvalue weighted by molar-refractivity contribution is -0.135. The van der Waals surface area contributed by atoms with Crippen LogP contribution in [0.4, 0.5) is 4.79 Å². The number of rotatable bonds is 6. The van der Waals surface area contributed by atoms with Crippen molar-refractivity contribution in [2.24, 2.45) is 5.92 Å². The molecule has 0 atom stereocenters. The number of piperidine rings is 1. The molecule has 154 valence electrons. The van der Waals surface area contributed by atoms with E-state index in [1.54, 1.807) is 29.9 Å². The maximum absolute atomic E-state index is 13.2. The van der Waals surface area contributed by atoms with Gasteiger partial charge < -0.3 is 19.1 Å². The van der Waals surface area contributed by atoms with E-state index in [0.29, 0.717) is 44.8 Å². The third-order valence-electron chi connectivity index (χ3n) is 5.41. The van der Waals surface area contributed by atoms with E-state index in [1.807, 2.05) is 13.8 Å². The molecule has 2 saturated heterocycles. The second-order valence-electron chi connectivity index (χ2n) is 7.88. The van der Waals surface area contributed by atoms with Crippen molar-refractivity contribution in [2.75, 3.05) is 39.9 Å². The van der Waals surface area contributed by atoms with Crippen LogP contribution in [0, 0.1) is 12.8 Å². The number of hydrogen-bond donors (Lipinski definition) is 0. The van der Waals surface area contributed by atoms with Crippen LogP contribution < -0.4 is 0 Å². The highest BCUT2D eigenvalue weighted by Crippen LogP contribution is 2.38. The first kappa shape index (κ1) is 20.3. The van der Waals surface area contributed by atoms with Gasteiger partial charge in [-0.25, -0.2) is 4.79 Å². The molecule has 0 aromatic carbocycles. The number of aromatic nitrogens is 1. The Balaban J connectivity index is 1.78. The van der Waals surface area contributed by atoms with Gasteiger partial charge in [-0.3, -0.25) is 14.5 Å². The first-order valence-electron chi connectivity index (χ1n) is 9.65. The Morgan fingerprint density at radius 3 is 2.54 bits per heavy atom. The van der Waals surface area contributed by atoms with Gasteiger partial charge in [0.05, 0.1) is 13.2 Å².